The average Bonchev–Trinajstić information content (AvgIpc) is 2.98. The number of carbonyl (C=O) groups excluding carboxylic acids is 1. The Morgan fingerprint density at radius 1 is 1.20 bits per heavy atom. The molecule has 0 aliphatic heterocycles. The van der Waals surface area contributed by atoms with Crippen LogP contribution >= 0.6 is 0 Å². The van der Waals surface area contributed by atoms with E-state index in [1.165, 1.54) is 11.8 Å². The Kier molecular flexibility index (Phi) is 4.40. The summed E-state index contributed by atoms with van der Waals surface area (Å²) in [7, 11) is 1.53. The van der Waals surface area contributed by atoms with Gasteiger partial charge in [-0.3, -0.25) is 10.2 Å². The summed E-state index contributed by atoms with van der Waals surface area (Å²) in [6, 6.07) is 18.3. The number of rotatable bonds is 4. The van der Waals surface area contributed by atoms with Crippen molar-refractivity contribution in [2.75, 3.05) is 18.3 Å². The molecule has 6 nitrogen and oxygen atoms in total. The van der Waals surface area contributed by atoms with Gasteiger partial charge in [0.25, 0.3) is 5.91 Å². The van der Waals surface area contributed by atoms with Crippen LogP contribution in [0.1, 0.15) is 15.9 Å². The molecule has 1 aromatic heterocycles. The van der Waals surface area contributed by atoms with Gasteiger partial charge in [-0.15, -0.1) is 0 Å². The molecule has 25 heavy (non-hydrogen) atoms. The summed E-state index contributed by atoms with van der Waals surface area (Å²) in [4.78, 5) is 12.5. The van der Waals surface area contributed by atoms with Crippen molar-refractivity contribution in [3.05, 3.63) is 71.9 Å². The van der Waals surface area contributed by atoms with E-state index in [9.17, 15) is 10.1 Å². The predicted molar refractivity (Wildman–Crippen MR) is 95.7 cm³/mol. The SMILES string of the molecule is COc1cccc(C(=O)Nn2cc(-c3ccccc3)c(C#N)c2N)c1. The van der Waals surface area contributed by atoms with E-state index < -0.39 is 0 Å². The van der Waals surface area contributed by atoms with Gasteiger partial charge in [0.05, 0.1) is 7.11 Å². The number of nitrogens with zero attached hydrogens (tertiary/aromatic N) is 2. The molecule has 124 valence electrons. The Hall–Kier alpha value is -3.72. The molecular formula is C19H16N4O2. The lowest BCUT2D eigenvalue weighted by Gasteiger charge is -2.09. The van der Waals surface area contributed by atoms with Gasteiger partial charge in [0.1, 0.15) is 23.2 Å². The molecule has 0 saturated heterocycles. The fourth-order valence-electron chi connectivity index (χ4n) is 2.51. The van der Waals surface area contributed by atoms with Gasteiger partial charge in [-0.1, -0.05) is 36.4 Å². The molecule has 0 saturated carbocycles. The van der Waals surface area contributed by atoms with Crippen LogP contribution in [0.2, 0.25) is 0 Å². The van der Waals surface area contributed by atoms with Gasteiger partial charge in [0, 0.05) is 17.3 Å². The Balaban J connectivity index is 1.94. The number of aromatic nitrogens is 1. The summed E-state index contributed by atoms with van der Waals surface area (Å²) in [5.41, 5.74) is 11.0. The quantitative estimate of drug-likeness (QED) is 0.768. The van der Waals surface area contributed by atoms with Gasteiger partial charge >= 0.3 is 0 Å². The van der Waals surface area contributed by atoms with E-state index in [1.807, 2.05) is 30.3 Å². The highest BCUT2D eigenvalue weighted by Gasteiger charge is 2.17. The number of nitriles is 1. The standard InChI is InChI=1S/C19H16N4O2/c1-25-15-9-5-8-14(10-15)19(24)22-23-12-17(16(11-20)18(23)21)13-6-3-2-4-7-13/h2-10,12H,21H2,1H3,(H,22,24). The molecule has 0 spiro atoms. The third-order valence-corrected chi connectivity index (χ3v) is 3.79. The predicted octanol–water partition coefficient (Wildman–Crippen LogP) is 3.00. The van der Waals surface area contributed by atoms with Crippen molar-refractivity contribution in [2.24, 2.45) is 0 Å². The van der Waals surface area contributed by atoms with E-state index in [0.717, 1.165) is 5.56 Å². The van der Waals surface area contributed by atoms with Crippen LogP contribution in [0, 0.1) is 11.3 Å². The molecule has 3 N–H and O–H groups in total. The summed E-state index contributed by atoms with van der Waals surface area (Å²) < 4.78 is 6.49. The van der Waals surface area contributed by atoms with Crippen LogP contribution in [0.15, 0.2) is 60.8 Å². The Bertz CT molecular complexity index is 955. The van der Waals surface area contributed by atoms with Crippen molar-refractivity contribution in [1.29, 1.82) is 5.26 Å². The second-order valence-corrected chi connectivity index (χ2v) is 5.32. The Labute approximate surface area is 145 Å². The largest absolute Gasteiger partial charge is 0.497 e. The molecule has 0 atom stereocenters. The van der Waals surface area contributed by atoms with Crippen LogP contribution in [0.3, 0.4) is 0 Å². The number of ether oxygens (including phenoxy) is 1. The number of methoxy groups -OCH3 is 1. The second kappa shape index (κ2) is 6.81. The number of nitrogens with one attached hydrogen (secondary N) is 1. The number of nitrogens with two attached hydrogens (primary N) is 1. The lowest BCUT2D eigenvalue weighted by atomic mass is 10.1. The minimum atomic E-state index is -0.357. The molecule has 0 aliphatic rings. The number of nitrogen functional groups attached to an aromatic ring is 1. The van der Waals surface area contributed by atoms with Gasteiger partial charge in [0.15, 0.2) is 0 Å². The first-order chi connectivity index (χ1) is 12.1. The van der Waals surface area contributed by atoms with Crippen LogP contribution < -0.4 is 15.9 Å². The highest BCUT2D eigenvalue weighted by atomic mass is 16.5. The smallest absolute Gasteiger partial charge is 0.270 e. The maximum Gasteiger partial charge on any atom is 0.270 e. The molecule has 0 bridgehead atoms. The van der Waals surface area contributed by atoms with E-state index in [0.29, 0.717) is 22.4 Å². The first-order valence-electron chi connectivity index (χ1n) is 7.55. The minimum absolute atomic E-state index is 0.178. The lowest BCUT2D eigenvalue weighted by Crippen LogP contribution is -2.23. The normalized spacial score (nSPS) is 10.1. The number of anilines is 1. The van der Waals surface area contributed by atoms with Crippen molar-refractivity contribution in [3.63, 3.8) is 0 Å². The summed E-state index contributed by atoms with van der Waals surface area (Å²) in [5, 5.41) is 9.42. The van der Waals surface area contributed by atoms with Crippen LogP contribution in [0.25, 0.3) is 11.1 Å². The molecule has 0 fully saturated rings. The van der Waals surface area contributed by atoms with Gasteiger partial charge in [-0.05, 0) is 23.8 Å². The Morgan fingerprint density at radius 2 is 1.96 bits per heavy atom. The van der Waals surface area contributed by atoms with E-state index in [4.69, 9.17) is 10.5 Å². The van der Waals surface area contributed by atoms with Crippen molar-refractivity contribution in [2.45, 2.75) is 0 Å². The summed E-state index contributed by atoms with van der Waals surface area (Å²) in [6.07, 6.45) is 1.64. The van der Waals surface area contributed by atoms with E-state index in [-0.39, 0.29) is 11.7 Å². The van der Waals surface area contributed by atoms with Crippen molar-refractivity contribution < 1.29 is 9.53 Å². The third-order valence-electron chi connectivity index (χ3n) is 3.79. The average molecular weight is 332 g/mol. The third kappa shape index (κ3) is 3.16. The number of carbonyl (C=O) groups is 1. The molecule has 0 aliphatic carbocycles. The van der Waals surface area contributed by atoms with Gasteiger partial charge in [0.2, 0.25) is 0 Å². The van der Waals surface area contributed by atoms with E-state index in [1.54, 1.807) is 30.5 Å². The topological polar surface area (TPSA) is 93.1 Å². The van der Waals surface area contributed by atoms with Gasteiger partial charge < -0.3 is 10.5 Å². The molecule has 0 unspecified atom stereocenters. The number of amides is 1. The van der Waals surface area contributed by atoms with Crippen LogP contribution in [-0.2, 0) is 0 Å². The molecule has 3 rings (SSSR count). The summed E-state index contributed by atoms with van der Waals surface area (Å²) in [6.45, 7) is 0. The fraction of sp³-hybridized carbons (Fsp3) is 0.0526. The van der Waals surface area contributed by atoms with Crippen LogP contribution in [-0.4, -0.2) is 17.7 Å². The summed E-state index contributed by atoms with van der Waals surface area (Å²) >= 11 is 0. The monoisotopic (exact) mass is 332 g/mol. The molecular weight excluding hydrogens is 316 g/mol. The summed E-state index contributed by atoms with van der Waals surface area (Å²) in [5.74, 6) is 0.401. The molecule has 1 amide bonds. The number of benzene rings is 2. The van der Waals surface area contributed by atoms with Crippen LogP contribution in [0.4, 0.5) is 5.82 Å². The Morgan fingerprint density at radius 3 is 2.64 bits per heavy atom. The first-order valence-corrected chi connectivity index (χ1v) is 7.55. The first kappa shape index (κ1) is 16.1. The zero-order chi connectivity index (χ0) is 17.8. The second-order valence-electron chi connectivity index (χ2n) is 5.32. The molecule has 3 aromatic rings. The van der Waals surface area contributed by atoms with Crippen molar-refractivity contribution in [1.82, 2.24) is 4.68 Å². The van der Waals surface area contributed by atoms with E-state index >= 15 is 0 Å². The minimum Gasteiger partial charge on any atom is -0.497 e. The van der Waals surface area contributed by atoms with Gasteiger partial charge in [-0.25, -0.2) is 4.68 Å². The zero-order valence-corrected chi connectivity index (χ0v) is 13.6. The maximum atomic E-state index is 12.5. The highest BCUT2D eigenvalue weighted by molar-refractivity contribution is 6.00. The maximum absolute atomic E-state index is 12.5. The molecule has 2 aromatic carbocycles. The number of hydrogen-bond acceptors (Lipinski definition) is 4. The fourth-order valence-corrected chi connectivity index (χ4v) is 2.51. The zero-order valence-electron chi connectivity index (χ0n) is 13.6. The lowest BCUT2D eigenvalue weighted by molar-refractivity contribution is 0.101. The van der Waals surface area contributed by atoms with Crippen molar-refractivity contribution in [3.8, 4) is 22.9 Å². The van der Waals surface area contributed by atoms with Crippen LogP contribution in [0.5, 0.6) is 5.75 Å². The molecule has 0 radical (unpaired) electrons. The van der Waals surface area contributed by atoms with Gasteiger partial charge in [-0.2, -0.15) is 5.26 Å². The molecule has 1 heterocycles. The van der Waals surface area contributed by atoms with Crippen molar-refractivity contribution >= 4 is 11.7 Å². The highest BCUT2D eigenvalue weighted by Crippen LogP contribution is 2.28. The molecule has 6 heteroatoms. The number of hydrogen-bond donors (Lipinski definition) is 2. The van der Waals surface area contributed by atoms with E-state index in [2.05, 4.69) is 11.5 Å².